The minimum absolute atomic E-state index is 0.412. The molecule has 1 aromatic heterocycles. The Labute approximate surface area is 109 Å². The van der Waals surface area contributed by atoms with Crippen molar-refractivity contribution in [3.63, 3.8) is 0 Å². The van der Waals surface area contributed by atoms with Crippen molar-refractivity contribution in [1.82, 2.24) is 4.98 Å². The zero-order valence-corrected chi connectivity index (χ0v) is 9.62. The van der Waals surface area contributed by atoms with E-state index in [0.717, 1.165) is 0 Å². The van der Waals surface area contributed by atoms with Gasteiger partial charge in [0.05, 0.1) is 6.20 Å². The summed E-state index contributed by atoms with van der Waals surface area (Å²) in [5.74, 6) is -6.61. The topological polar surface area (TPSA) is 62.2 Å². The lowest BCUT2D eigenvalue weighted by atomic mass is 10.2. The molecule has 4 nitrogen and oxygen atoms in total. The summed E-state index contributed by atoms with van der Waals surface area (Å²) in [7, 11) is 0. The van der Waals surface area contributed by atoms with Crippen LogP contribution >= 0.6 is 0 Å². The van der Waals surface area contributed by atoms with Crippen LogP contribution in [0.2, 0.25) is 0 Å². The van der Waals surface area contributed by atoms with Gasteiger partial charge in [0.2, 0.25) is 0 Å². The van der Waals surface area contributed by atoms with Gasteiger partial charge in [-0.2, -0.15) is 0 Å². The highest BCUT2D eigenvalue weighted by molar-refractivity contribution is 5.93. The van der Waals surface area contributed by atoms with Crippen LogP contribution < -0.4 is 5.32 Å². The molecule has 104 valence electrons. The summed E-state index contributed by atoms with van der Waals surface area (Å²) in [5.41, 5.74) is -1.40. The van der Waals surface area contributed by atoms with Gasteiger partial charge in [0.1, 0.15) is 28.7 Å². The minimum Gasteiger partial charge on any atom is -0.478 e. The molecule has 2 aromatic rings. The molecular formula is C12H6F4N2O2. The van der Waals surface area contributed by atoms with E-state index in [1.165, 1.54) is 0 Å². The molecule has 0 saturated carbocycles. The zero-order chi connectivity index (χ0) is 14.9. The Bertz CT molecular complexity index is 668. The predicted octanol–water partition coefficient (Wildman–Crippen LogP) is 3.08. The number of pyridine rings is 1. The maximum absolute atomic E-state index is 13.4. The van der Waals surface area contributed by atoms with Gasteiger partial charge in [-0.1, -0.05) is 0 Å². The molecule has 0 fully saturated rings. The van der Waals surface area contributed by atoms with Crippen LogP contribution in [0.5, 0.6) is 0 Å². The van der Waals surface area contributed by atoms with Gasteiger partial charge in [-0.05, 0) is 6.07 Å². The summed E-state index contributed by atoms with van der Waals surface area (Å²) in [6.45, 7) is 0. The van der Waals surface area contributed by atoms with Crippen molar-refractivity contribution in [1.29, 1.82) is 0 Å². The number of aromatic carboxylic acids is 1. The molecule has 0 spiro atoms. The smallest absolute Gasteiger partial charge is 0.339 e. The van der Waals surface area contributed by atoms with Crippen LogP contribution in [0, 0.1) is 23.3 Å². The van der Waals surface area contributed by atoms with Gasteiger partial charge in [0, 0.05) is 12.1 Å². The van der Waals surface area contributed by atoms with Crippen LogP contribution in [0.25, 0.3) is 0 Å². The third kappa shape index (κ3) is 2.68. The second-order valence-corrected chi connectivity index (χ2v) is 3.72. The molecule has 2 N–H and O–H groups in total. The van der Waals surface area contributed by atoms with Crippen molar-refractivity contribution in [2.24, 2.45) is 0 Å². The normalized spacial score (nSPS) is 10.4. The average Bonchev–Trinajstić information content (AvgIpc) is 2.34. The van der Waals surface area contributed by atoms with Crippen LogP contribution in [0.3, 0.4) is 0 Å². The molecule has 0 aliphatic carbocycles. The number of hydrogen-bond donors (Lipinski definition) is 2. The first-order chi connectivity index (χ1) is 9.38. The highest BCUT2D eigenvalue weighted by Gasteiger charge is 2.17. The number of benzene rings is 1. The molecule has 0 bridgehead atoms. The van der Waals surface area contributed by atoms with Crippen molar-refractivity contribution < 1.29 is 27.5 Å². The van der Waals surface area contributed by atoms with Crippen LogP contribution in [-0.4, -0.2) is 16.1 Å². The monoisotopic (exact) mass is 286 g/mol. The molecule has 8 heteroatoms. The molecule has 1 aromatic carbocycles. The first kappa shape index (κ1) is 13.8. The second-order valence-electron chi connectivity index (χ2n) is 3.72. The van der Waals surface area contributed by atoms with Gasteiger partial charge in [-0.3, -0.25) is 0 Å². The van der Waals surface area contributed by atoms with Crippen LogP contribution in [0.15, 0.2) is 24.4 Å². The number of aromatic nitrogens is 1. The SMILES string of the molecule is O=C(O)c1cc(F)cnc1Nc1c(F)cc(F)cc1F. The fourth-order valence-corrected chi connectivity index (χ4v) is 1.48. The Hall–Kier alpha value is -2.64. The quantitative estimate of drug-likeness (QED) is 0.851. The lowest BCUT2D eigenvalue weighted by Crippen LogP contribution is -2.08. The number of nitrogens with zero attached hydrogens (tertiary/aromatic N) is 1. The largest absolute Gasteiger partial charge is 0.478 e. The minimum atomic E-state index is -1.54. The second kappa shape index (κ2) is 5.16. The number of carbonyl (C=O) groups is 1. The van der Waals surface area contributed by atoms with E-state index < -0.39 is 46.3 Å². The zero-order valence-electron chi connectivity index (χ0n) is 9.62. The van der Waals surface area contributed by atoms with Gasteiger partial charge < -0.3 is 10.4 Å². The molecule has 2 rings (SSSR count). The molecule has 20 heavy (non-hydrogen) atoms. The molecular weight excluding hydrogens is 280 g/mol. The third-order valence-electron chi connectivity index (χ3n) is 2.34. The number of rotatable bonds is 3. The Morgan fingerprint density at radius 3 is 2.20 bits per heavy atom. The van der Waals surface area contributed by atoms with Crippen molar-refractivity contribution in [3.05, 3.63) is 53.2 Å². The highest BCUT2D eigenvalue weighted by Crippen LogP contribution is 2.25. The van der Waals surface area contributed by atoms with Crippen LogP contribution in [0.1, 0.15) is 10.4 Å². The van der Waals surface area contributed by atoms with E-state index in [2.05, 4.69) is 10.3 Å². The highest BCUT2D eigenvalue weighted by atomic mass is 19.1. The predicted molar refractivity (Wildman–Crippen MR) is 60.8 cm³/mol. The van der Waals surface area contributed by atoms with Crippen molar-refractivity contribution in [2.45, 2.75) is 0 Å². The van der Waals surface area contributed by atoms with Gasteiger partial charge in [-0.15, -0.1) is 0 Å². The molecule has 0 aliphatic rings. The summed E-state index contributed by atoms with van der Waals surface area (Å²) >= 11 is 0. The van der Waals surface area contributed by atoms with E-state index in [0.29, 0.717) is 24.4 Å². The van der Waals surface area contributed by atoms with E-state index in [1.54, 1.807) is 0 Å². The molecule has 0 radical (unpaired) electrons. The standard InChI is InChI=1S/C12H6F4N2O2/c13-5-2-8(15)10(9(16)3-5)18-11-7(12(19)20)1-6(14)4-17-11/h1-4H,(H,17,18)(H,19,20). The first-order valence-corrected chi connectivity index (χ1v) is 5.19. The number of nitrogens with one attached hydrogen (secondary N) is 1. The molecule has 0 unspecified atom stereocenters. The van der Waals surface area contributed by atoms with Gasteiger partial charge >= 0.3 is 5.97 Å². The maximum Gasteiger partial charge on any atom is 0.339 e. The van der Waals surface area contributed by atoms with E-state index in [1.807, 2.05) is 0 Å². The summed E-state index contributed by atoms with van der Waals surface area (Å²) < 4.78 is 52.5. The molecule has 0 aliphatic heterocycles. The molecule has 1 heterocycles. The molecule has 0 amide bonds. The first-order valence-electron chi connectivity index (χ1n) is 5.19. The van der Waals surface area contributed by atoms with E-state index >= 15 is 0 Å². The number of carboxylic acids is 1. The maximum atomic E-state index is 13.4. The average molecular weight is 286 g/mol. The van der Waals surface area contributed by atoms with Gasteiger partial charge in [-0.25, -0.2) is 27.3 Å². The van der Waals surface area contributed by atoms with E-state index in [-0.39, 0.29) is 0 Å². The van der Waals surface area contributed by atoms with Crippen molar-refractivity contribution in [2.75, 3.05) is 5.32 Å². The number of carboxylic acid groups (broad SMARTS) is 1. The number of anilines is 2. The lowest BCUT2D eigenvalue weighted by molar-refractivity contribution is 0.0697. The summed E-state index contributed by atoms with van der Waals surface area (Å²) in [4.78, 5) is 14.3. The van der Waals surface area contributed by atoms with Crippen molar-refractivity contribution in [3.8, 4) is 0 Å². The summed E-state index contributed by atoms with van der Waals surface area (Å²) in [6.07, 6.45) is 0.675. The fourth-order valence-electron chi connectivity index (χ4n) is 1.48. The van der Waals surface area contributed by atoms with Crippen LogP contribution in [-0.2, 0) is 0 Å². The summed E-state index contributed by atoms with van der Waals surface area (Å²) in [6, 6.07) is 1.46. The number of hydrogen-bond acceptors (Lipinski definition) is 3. The lowest BCUT2D eigenvalue weighted by Gasteiger charge is -2.10. The molecule has 0 atom stereocenters. The fraction of sp³-hybridized carbons (Fsp3) is 0. The summed E-state index contributed by atoms with van der Waals surface area (Å²) in [5, 5.41) is 10.9. The third-order valence-corrected chi connectivity index (χ3v) is 2.34. The van der Waals surface area contributed by atoms with Crippen molar-refractivity contribution >= 4 is 17.5 Å². The van der Waals surface area contributed by atoms with Gasteiger partial charge in [0.15, 0.2) is 11.6 Å². The van der Waals surface area contributed by atoms with E-state index in [4.69, 9.17) is 5.11 Å². The Morgan fingerprint density at radius 2 is 1.65 bits per heavy atom. The van der Waals surface area contributed by atoms with Crippen LogP contribution in [0.4, 0.5) is 29.1 Å². The number of halogens is 4. The Balaban J connectivity index is 2.48. The molecule has 0 saturated heterocycles. The van der Waals surface area contributed by atoms with E-state index in [9.17, 15) is 22.4 Å². The Kier molecular flexibility index (Phi) is 3.55. The Morgan fingerprint density at radius 1 is 1.05 bits per heavy atom. The van der Waals surface area contributed by atoms with Gasteiger partial charge in [0.25, 0.3) is 0 Å².